The van der Waals surface area contributed by atoms with Crippen LogP contribution in [-0.2, 0) is 0 Å². The van der Waals surface area contributed by atoms with Gasteiger partial charge in [0.05, 0.1) is 10.9 Å². The molecule has 0 radical (unpaired) electrons. The molecule has 0 N–H and O–H groups in total. The Labute approximate surface area is 170 Å². The lowest BCUT2D eigenvalue weighted by atomic mass is 10.1. The molecular weight excluding hydrogens is 366 g/mol. The third-order valence-corrected chi connectivity index (χ3v) is 6.91. The molecule has 0 aromatic heterocycles. The SMILES string of the molecule is CC1=CC(C)=NC2C(c3ccccc3)SC(C=C3Oc4ccccc4N3C)N12. The van der Waals surface area contributed by atoms with E-state index in [-0.39, 0.29) is 16.8 Å². The summed E-state index contributed by atoms with van der Waals surface area (Å²) in [5.41, 5.74) is 4.77. The molecule has 0 aliphatic carbocycles. The first-order valence-corrected chi connectivity index (χ1v) is 10.5. The summed E-state index contributed by atoms with van der Waals surface area (Å²) in [7, 11) is 2.06. The minimum atomic E-state index is 0.105. The summed E-state index contributed by atoms with van der Waals surface area (Å²) in [5.74, 6) is 1.79. The van der Waals surface area contributed by atoms with Gasteiger partial charge >= 0.3 is 0 Å². The summed E-state index contributed by atoms with van der Waals surface area (Å²) in [5, 5.41) is 0.450. The topological polar surface area (TPSA) is 28.1 Å². The van der Waals surface area contributed by atoms with Crippen molar-refractivity contribution < 1.29 is 4.74 Å². The maximum Gasteiger partial charge on any atom is 0.199 e. The van der Waals surface area contributed by atoms with Crippen LogP contribution < -0.4 is 9.64 Å². The first-order chi connectivity index (χ1) is 13.6. The standard InChI is InChI=1S/C23H23N3OS/c1-15-13-16(2)26-21(14-20-25(3)18-11-7-8-12-19(18)27-20)28-22(23(26)24-15)17-9-5-4-6-10-17/h4-14,21-23H,1-3H3. The second-order valence-corrected chi connectivity index (χ2v) is 8.63. The van der Waals surface area contributed by atoms with Crippen molar-refractivity contribution in [2.75, 3.05) is 11.9 Å². The fourth-order valence-electron chi connectivity index (χ4n) is 4.15. The summed E-state index contributed by atoms with van der Waals surface area (Å²) >= 11 is 1.94. The Kier molecular flexibility index (Phi) is 4.20. The van der Waals surface area contributed by atoms with Gasteiger partial charge < -0.3 is 14.5 Å². The molecule has 0 bridgehead atoms. The molecule has 0 spiro atoms. The van der Waals surface area contributed by atoms with Crippen LogP contribution in [0.3, 0.4) is 0 Å². The summed E-state index contributed by atoms with van der Waals surface area (Å²) in [6.07, 6.45) is 4.51. The Morgan fingerprint density at radius 1 is 1.04 bits per heavy atom. The molecule has 5 rings (SSSR count). The number of para-hydroxylation sites is 2. The zero-order chi connectivity index (χ0) is 19.3. The van der Waals surface area contributed by atoms with Gasteiger partial charge in [0.2, 0.25) is 0 Å². The number of benzene rings is 2. The highest BCUT2D eigenvalue weighted by Gasteiger charge is 2.44. The number of thioether (sulfide) groups is 1. The predicted molar refractivity (Wildman–Crippen MR) is 117 cm³/mol. The maximum atomic E-state index is 6.15. The van der Waals surface area contributed by atoms with Gasteiger partial charge in [-0.2, -0.15) is 0 Å². The average Bonchev–Trinajstić information content (AvgIpc) is 3.21. The fraction of sp³-hybridized carbons (Fsp3) is 0.261. The van der Waals surface area contributed by atoms with E-state index in [1.54, 1.807) is 0 Å². The molecule has 28 heavy (non-hydrogen) atoms. The van der Waals surface area contributed by atoms with Crippen LogP contribution in [0, 0.1) is 0 Å². The summed E-state index contributed by atoms with van der Waals surface area (Å²) < 4.78 is 6.15. The molecule has 0 saturated carbocycles. The number of hydrogen-bond acceptors (Lipinski definition) is 5. The Morgan fingerprint density at radius 2 is 1.79 bits per heavy atom. The van der Waals surface area contributed by atoms with Crippen LogP contribution in [0.4, 0.5) is 5.69 Å². The lowest BCUT2D eigenvalue weighted by Gasteiger charge is -2.33. The number of rotatable bonds is 2. The first kappa shape index (κ1) is 17.4. The second-order valence-electron chi connectivity index (χ2n) is 7.37. The van der Waals surface area contributed by atoms with Crippen molar-refractivity contribution >= 4 is 23.2 Å². The number of nitrogens with zero attached hydrogens (tertiary/aromatic N) is 3. The average molecular weight is 390 g/mol. The molecule has 2 aromatic carbocycles. The normalized spacial score (nSPS) is 27.2. The third-order valence-electron chi connectivity index (χ3n) is 5.46. The van der Waals surface area contributed by atoms with Crippen LogP contribution in [0.5, 0.6) is 5.75 Å². The summed E-state index contributed by atoms with van der Waals surface area (Å²) in [6, 6.07) is 18.9. The zero-order valence-corrected chi connectivity index (χ0v) is 17.1. The highest BCUT2D eigenvalue weighted by molar-refractivity contribution is 8.00. The van der Waals surface area contributed by atoms with Crippen molar-refractivity contribution in [1.29, 1.82) is 0 Å². The van der Waals surface area contributed by atoms with Crippen molar-refractivity contribution in [3.8, 4) is 5.75 Å². The van der Waals surface area contributed by atoms with E-state index in [1.807, 2.05) is 30.0 Å². The fourth-order valence-corrected chi connectivity index (χ4v) is 5.71. The second kappa shape index (κ2) is 6.74. The van der Waals surface area contributed by atoms with Crippen LogP contribution >= 0.6 is 11.8 Å². The monoisotopic (exact) mass is 389 g/mol. The smallest absolute Gasteiger partial charge is 0.199 e. The van der Waals surface area contributed by atoms with Gasteiger partial charge in [0.25, 0.3) is 0 Å². The number of ether oxygens (including phenoxy) is 1. The lowest BCUT2D eigenvalue weighted by Crippen LogP contribution is -2.37. The van der Waals surface area contributed by atoms with Crippen molar-refractivity contribution in [2.45, 2.75) is 30.6 Å². The van der Waals surface area contributed by atoms with Crippen LogP contribution in [0.15, 0.2) is 83.3 Å². The molecule has 0 amide bonds. The van der Waals surface area contributed by atoms with E-state index in [1.165, 1.54) is 11.3 Å². The highest BCUT2D eigenvalue weighted by atomic mass is 32.2. The minimum Gasteiger partial charge on any atom is -0.439 e. The molecule has 3 heterocycles. The van der Waals surface area contributed by atoms with Gasteiger partial charge in [-0.15, -0.1) is 11.8 Å². The highest BCUT2D eigenvalue weighted by Crippen LogP contribution is 2.50. The van der Waals surface area contributed by atoms with E-state index in [0.29, 0.717) is 0 Å². The minimum absolute atomic E-state index is 0.105. The van der Waals surface area contributed by atoms with E-state index in [2.05, 4.69) is 79.2 Å². The van der Waals surface area contributed by atoms with Gasteiger partial charge in [-0.25, -0.2) is 0 Å². The van der Waals surface area contributed by atoms with Crippen LogP contribution in [-0.4, -0.2) is 29.2 Å². The molecule has 1 fully saturated rings. The number of hydrogen-bond donors (Lipinski definition) is 0. The quantitative estimate of drug-likeness (QED) is 0.708. The van der Waals surface area contributed by atoms with Gasteiger partial charge in [0, 0.05) is 24.5 Å². The van der Waals surface area contributed by atoms with E-state index in [0.717, 1.165) is 23.0 Å². The molecule has 142 valence electrons. The third kappa shape index (κ3) is 2.81. The predicted octanol–water partition coefficient (Wildman–Crippen LogP) is 5.18. The van der Waals surface area contributed by atoms with E-state index >= 15 is 0 Å². The number of aliphatic imine (C=N–C) groups is 1. The molecule has 1 saturated heterocycles. The van der Waals surface area contributed by atoms with Gasteiger partial charge in [0.15, 0.2) is 11.6 Å². The molecular formula is C23H23N3OS. The summed E-state index contributed by atoms with van der Waals surface area (Å²) in [4.78, 5) is 9.54. The van der Waals surface area contributed by atoms with Crippen LogP contribution in [0.25, 0.3) is 0 Å². The number of fused-ring (bicyclic) bond motifs is 2. The van der Waals surface area contributed by atoms with Crippen LogP contribution in [0.2, 0.25) is 0 Å². The van der Waals surface area contributed by atoms with Gasteiger partial charge in [-0.3, -0.25) is 4.99 Å². The number of anilines is 1. The molecule has 3 aliphatic rings. The largest absolute Gasteiger partial charge is 0.439 e. The van der Waals surface area contributed by atoms with Crippen LogP contribution in [0.1, 0.15) is 24.7 Å². The molecule has 3 aliphatic heterocycles. The number of allylic oxidation sites excluding steroid dienone is 2. The van der Waals surface area contributed by atoms with Crippen molar-refractivity contribution in [3.63, 3.8) is 0 Å². The van der Waals surface area contributed by atoms with E-state index in [9.17, 15) is 0 Å². The van der Waals surface area contributed by atoms with E-state index in [4.69, 9.17) is 9.73 Å². The van der Waals surface area contributed by atoms with Crippen molar-refractivity contribution in [1.82, 2.24) is 4.90 Å². The Morgan fingerprint density at radius 3 is 2.57 bits per heavy atom. The molecule has 3 unspecified atom stereocenters. The molecule has 3 atom stereocenters. The Bertz CT molecular complexity index is 998. The van der Waals surface area contributed by atoms with Gasteiger partial charge in [0.1, 0.15) is 11.5 Å². The zero-order valence-electron chi connectivity index (χ0n) is 16.2. The van der Waals surface area contributed by atoms with Crippen molar-refractivity contribution in [3.05, 3.63) is 83.9 Å². The molecule has 2 aromatic rings. The molecule has 4 nitrogen and oxygen atoms in total. The summed E-state index contributed by atoms with van der Waals surface area (Å²) in [6.45, 7) is 4.27. The van der Waals surface area contributed by atoms with Crippen molar-refractivity contribution in [2.24, 2.45) is 4.99 Å². The maximum absolute atomic E-state index is 6.15. The van der Waals surface area contributed by atoms with Gasteiger partial charge in [-0.1, -0.05) is 42.5 Å². The lowest BCUT2D eigenvalue weighted by molar-refractivity contribution is 0.278. The molecule has 5 heteroatoms. The van der Waals surface area contributed by atoms with Gasteiger partial charge in [-0.05, 0) is 37.6 Å². The Balaban J connectivity index is 1.51. The Hall–Kier alpha value is -2.66. The van der Waals surface area contributed by atoms with E-state index < -0.39 is 0 Å². The first-order valence-electron chi connectivity index (χ1n) is 9.56.